The Kier molecular flexibility index (Phi) is 5.12. The van der Waals surface area contributed by atoms with E-state index < -0.39 is 6.61 Å². The molecule has 1 aromatic rings. The fraction of sp³-hybridized carbons (Fsp3) is 0.533. The van der Waals surface area contributed by atoms with Crippen molar-refractivity contribution in [3.05, 3.63) is 29.8 Å². The van der Waals surface area contributed by atoms with E-state index in [2.05, 4.69) is 10.1 Å². The zero-order chi connectivity index (χ0) is 15.3. The van der Waals surface area contributed by atoms with Gasteiger partial charge in [-0.15, -0.1) is 0 Å². The third-order valence-corrected chi connectivity index (χ3v) is 3.94. The van der Waals surface area contributed by atoms with E-state index in [0.29, 0.717) is 6.54 Å². The number of aliphatic hydroxyl groups is 1. The monoisotopic (exact) mass is 299 g/mol. The fourth-order valence-electron chi connectivity index (χ4n) is 2.70. The third kappa shape index (κ3) is 4.14. The van der Waals surface area contributed by atoms with Gasteiger partial charge in [0.2, 0.25) is 0 Å². The van der Waals surface area contributed by atoms with Crippen LogP contribution in [-0.2, 0) is 0 Å². The van der Waals surface area contributed by atoms with Crippen molar-refractivity contribution >= 4 is 5.91 Å². The first-order valence-electron chi connectivity index (χ1n) is 6.99. The highest BCUT2D eigenvalue weighted by Crippen LogP contribution is 2.36. The van der Waals surface area contributed by atoms with Gasteiger partial charge in [0.15, 0.2) is 0 Å². The quantitative estimate of drug-likeness (QED) is 0.849. The smallest absolute Gasteiger partial charge is 0.387 e. The van der Waals surface area contributed by atoms with Gasteiger partial charge in [0, 0.05) is 17.5 Å². The maximum atomic E-state index is 12.2. The summed E-state index contributed by atoms with van der Waals surface area (Å²) in [6.07, 6.45) is 3.87. The first-order valence-corrected chi connectivity index (χ1v) is 6.99. The Balaban J connectivity index is 1.96. The number of aliphatic hydroxyl groups excluding tert-OH is 1. The molecule has 1 saturated carbocycles. The lowest BCUT2D eigenvalue weighted by Crippen LogP contribution is -2.38. The highest BCUT2D eigenvalue weighted by Gasteiger charge is 2.33. The van der Waals surface area contributed by atoms with Crippen LogP contribution in [0.2, 0.25) is 0 Å². The lowest BCUT2D eigenvalue weighted by molar-refractivity contribution is -0.0498. The molecule has 0 unspecified atom stereocenters. The molecule has 4 nitrogen and oxygen atoms in total. The number of hydrogen-bond donors (Lipinski definition) is 2. The summed E-state index contributed by atoms with van der Waals surface area (Å²) in [5.41, 5.74) is 0.0199. The molecule has 0 aliphatic heterocycles. The number of amides is 1. The van der Waals surface area contributed by atoms with E-state index in [-0.39, 0.29) is 29.2 Å². The van der Waals surface area contributed by atoms with Gasteiger partial charge in [0.05, 0.1) is 6.61 Å². The zero-order valence-electron chi connectivity index (χ0n) is 11.6. The molecule has 2 rings (SSSR count). The second kappa shape index (κ2) is 6.85. The molecule has 0 bridgehead atoms. The van der Waals surface area contributed by atoms with E-state index in [1.807, 2.05) is 0 Å². The minimum absolute atomic E-state index is 0.0435. The molecule has 116 valence electrons. The number of halogens is 2. The first kappa shape index (κ1) is 15.7. The van der Waals surface area contributed by atoms with E-state index in [0.717, 1.165) is 25.7 Å². The molecule has 1 aromatic carbocycles. The van der Waals surface area contributed by atoms with Gasteiger partial charge in [0.25, 0.3) is 5.91 Å². The standard InChI is InChI=1S/C15H19F2NO3/c16-14(17)21-12-5-3-4-11(8-12)13(20)18-9-15(10-19)6-1-2-7-15/h3-5,8,14,19H,1-2,6-7,9-10H2,(H,18,20). The van der Waals surface area contributed by atoms with Crippen LogP contribution in [0.15, 0.2) is 24.3 Å². The van der Waals surface area contributed by atoms with Crippen LogP contribution < -0.4 is 10.1 Å². The van der Waals surface area contributed by atoms with E-state index >= 15 is 0 Å². The maximum Gasteiger partial charge on any atom is 0.387 e. The number of rotatable bonds is 6. The van der Waals surface area contributed by atoms with Crippen LogP contribution in [0, 0.1) is 5.41 Å². The molecule has 0 radical (unpaired) electrons. The average molecular weight is 299 g/mol. The summed E-state index contributed by atoms with van der Waals surface area (Å²) in [7, 11) is 0. The molecule has 0 heterocycles. The minimum Gasteiger partial charge on any atom is -0.435 e. The third-order valence-electron chi connectivity index (χ3n) is 3.94. The van der Waals surface area contributed by atoms with Crippen molar-refractivity contribution < 1.29 is 23.4 Å². The van der Waals surface area contributed by atoms with Crippen LogP contribution in [0.3, 0.4) is 0 Å². The predicted octanol–water partition coefficient (Wildman–Crippen LogP) is 2.57. The molecule has 1 aliphatic rings. The van der Waals surface area contributed by atoms with E-state index in [9.17, 15) is 18.7 Å². The molecule has 1 aliphatic carbocycles. The minimum atomic E-state index is -2.92. The Morgan fingerprint density at radius 2 is 2.10 bits per heavy atom. The van der Waals surface area contributed by atoms with Crippen molar-refractivity contribution in [3.8, 4) is 5.75 Å². The van der Waals surface area contributed by atoms with Crippen LogP contribution in [0.5, 0.6) is 5.75 Å². The molecular weight excluding hydrogens is 280 g/mol. The van der Waals surface area contributed by atoms with E-state index in [1.165, 1.54) is 24.3 Å². The van der Waals surface area contributed by atoms with E-state index in [4.69, 9.17) is 0 Å². The van der Waals surface area contributed by atoms with Gasteiger partial charge in [-0.25, -0.2) is 0 Å². The van der Waals surface area contributed by atoms with Gasteiger partial charge in [-0.3, -0.25) is 4.79 Å². The van der Waals surface area contributed by atoms with Crippen LogP contribution in [0.1, 0.15) is 36.0 Å². The largest absolute Gasteiger partial charge is 0.435 e. The molecule has 0 saturated heterocycles. The lowest BCUT2D eigenvalue weighted by Gasteiger charge is -2.26. The Hall–Kier alpha value is -1.69. The van der Waals surface area contributed by atoms with Gasteiger partial charge in [-0.05, 0) is 31.0 Å². The molecule has 2 N–H and O–H groups in total. The molecule has 0 atom stereocenters. The van der Waals surface area contributed by atoms with Crippen LogP contribution in [0.25, 0.3) is 0 Å². The molecule has 0 aromatic heterocycles. The Labute approximate surface area is 122 Å². The predicted molar refractivity (Wildman–Crippen MR) is 73.4 cm³/mol. The summed E-state index contributed by atoms with van der Waals surface area (Å²) in [5, 5.41) is 12.3. The second-order valence-electron chi connectivity index (χ2n) is 5.45. The SMILES string of the molecule is O=C(NCC1(CO)CCCC1)c1cccc(OC(F)F)c1. The number of hydrogen-bond acceptors (Lipinski definition) is 3. The summed E-state index contributed by atoms with van der Waals surface area (Å²) in [5.74, 6) is -0.398. The van der Waals surface area contributed by atoms with Gasteiger partial charge < -0.3 is 15.2 Å². The van der Waals surface area contributed by atoms with E-state index in [1.54, 1.807) is 0 Å². The highest BCUT2D eigenvalue weighted by atomic mass is 19.3. The van der Waals surface area contributed by atoms with Crippen LogP contribution >= 0.6 is 0 Å². The molecule has 1 fully saturated rings. The average Bonchev–Trinajstić information content (AvgIpc) is 2.94. The van der Waals surface area contributed by atoms with Crippen LogP contribution in [0.4, 0.5) is 8.78 Å². The van der Waals surface area contributed by atoms with Crippen molar-refractivity contribution in [1.82, 2.24) is 5.32 Å². The van der Waals surface area contributed by atoms with Crippen molar-refractivity contribution in [3.63, 3.8) is 0 Å². The van der Waals surface area contributed by atoms with Crippen LogP contribution in [-0.4, -0.2) is 30.8 Å². The van der Waals surface area contributed by atoms with Gasteiger partial charge >= 0.3 is 6.61 Å². The summed E-state index contributed by atoms with van der Waals surface area (Å²) in [6.45, 7) is -2.48. The number of benzene rings is 1. The number of carbonyl (C=O) groups is 1. The number of ether oxygens (including phenoxy) is 1. The van der Waals surface area contributed by atoms with Crippen molar-refractivity contribution in [2.75, 3.05) is 13.2 Å². The summed E-state index contributed by atoms with van der Waals surface area (Å²) in [4.78, 5) is 12.1. The highest BCUT2D eigenvalue weighted by molar-refractivity contribution is 5.94. The zero-order valence-corrected chi connectivity index (χ0v) is 11.6. The Morgan fingerprint density at radius 3 is 2.71 bits per heavy atom. The fourth-order valence-corrected chi connectivity index (χ4v) is 2.70. The molecule has 21 heavy (non-hydrogen) atoms. The van der Waals surface area contributed by atoms with Crippen molar-refractivity contribution in [2.24, 2.45) is 5.41 Å². The van der Waals surface area contributed by atoms with Gasteiger partial charge in [0.1, 0.15) is 5.75 Å². The first-order chi connectivity index (χ1) is 10.0. The molecule has 0 spiro atoms. The second-order valence-corrected chi connectivity index (χ2v) is 5.45. The molecule has 6 heteroatoms. The Morgan fingerprint density at radius 1 is 1.38 bits per heavy atom. The molecular formula is C15H19F2NO3. The maximum absolute atomic E-state index is 12.2. The number of nitrogens with one attached hydrogen (secondary N) is 1. The summed E-state index contributed by atoms with van der Waals surface area (Å²) < 4.78 is 28.6. The number of carbonyl (C=O) groups excluding carboxylic acids is 1. The molecule has 1 amide bonds. The van der Waals surface area contributed by atoms with Gasteiger partial charge in [-0.2, -0.15) is 8.78 Å². The topological polar surface area (TPSA) is 58.6 Å². The Bertz CT molecular complexity index is 488. The number of alkyl halides is 2. The normalized spacial score (nSPS) is 17.0. The summed E-state index contributed by atoms with van der Waals surface area (Å²) >= 11 is 0. The lowest BCUT2D eigenvalue weighted by atomic mass is 9.87. The van der Waals surface area contributed by atoms with Crippen molar-refractivity contribution in [1.29, 1.82) is 0 Å². The summed E-state index contributed by atoms with van der Waals surface area (Å²) in [6, 6.07) is 5.68. The van der Waals surface area contributed by atoms with Crippen molar-refractivity contribution in [2.45, 2.75) is 32.3 Å². The van der Waals surface area contributed by atoms with Gasteiger partial charge in [-0.1, -0.05) is 18.9 Å².